The van der Waals surface area contributed by atoms with Crippen LogP contribution in [0, 0.1) is 0 Å². The lowest BCUT2D eigenvalue weighted by molar-refractivity contribution is 0.101. The molecule has 0 fully saturated rings. The zero-order chi connectivity index (χ0) is 12.3. The molecule has 4 heteroatoms. The monoisotopic (exact) mass is 266 g/mol. The minimum Gasteiger partial charge on any atom is -0.488 e. The van der Waals surface area contributed by atoms with Crippen molar-refractivity contribution in [3.63, 3.8) is 0 Å². The normalized spacial score (nSPS) is 10.2. The first kappa shape index (κ1) is 12.1. The molecule has 88 valence electrons. The maximum absolute atomic E-state index is 11.1. The van der Waals surface area contributed by atoms with Crippen LogP contribution >= 0.6 is 22.9 Å². The van der Waals surface area contributed by atoms with Crippen LogP contribution < -0.4 is 4.74 Å². The Kier molecular flexibility index (Phi) is 3.82. The maximum atomic E-state index is 11.1. The molecule has 0 amide bonds. The van der Waals surface area contributed by atoms with Crippen LogP contribution in [0.5, 0.6) is 5.75 Å². The molecule has 0 saturated heterocycles. The third-order valence-electron chi connectivity index (χ3n) is 2.27. The third-order valence-corrected chi connectivity index (χ3v) is 3.48. The van der Waals surface area contributed by atoms with Crippen molar-refractivity contribution in [1.82, 2.24) is 0 Å². The molecule has 0 N–H and O–H groups in total. The smallest absolute Gasteiger partial charge is 0.159 e. The number of hydrogen-bond acceptors (Lipinski definition) is 3. The highest BCUT2D eigenvalue weighted by atomic mass is 35.5. The van der Waals surface area contributed by atoms with Gasteiger partial charge in [-0.3, -0.25) is 4.79 Å². The van der Waals surface area contributed by atoms with Gasteiger partial charge in [0.1, 0.15) is 12.4 Å². The summed E-state index contributed by atoms with van der Waals surface area (Å²) in [6.45, 7) is 2.04. The van der Waals surface area contributed by atoms with E-state index in [0.717, 1.165) is 15.0 Å². The second-order valence-corrected chi connectivity index (χ2v) is 5.37. The van der Waals surface area contributed by atoms with E-state index in [1.54, 1.807) is 31.2 Å². The topological polar surface area (TPSA) is 26.3 Å². The van der Waals surface area contributed by atoms with Crippen LogP contribution in [0.2, 0.25) is 4.34 Å². The van der Waals surface area contributed by atoms with Gasteiger partial charge in [0.05, 0.1) is 4.34 Å². The van der Waals surface area contributed by atoms with Crippen LogP contribution in [-0.4, -0.2) is 5.78 Å². The van der Waals surface area contributed by atoms with Crippen LogP contribution in [0.3, 0.4) is 0 Å². The van der Waals surface area contributed by atoms with E-state index in [9.17, 15) is 4.79 Å². The summed E-state index contributed by atoms with van der Waals surface area (Å²) in [6, 6.07) is 10.9. The predicted octanol–water partition coefficient (Wildman–Crippen LogP) is 4.18. The number of benzene rings is 1. The zero-order valence-electron chi connectivity index (χ0n) is 9.27. The number of hydrogen-bond donors (Lipinski definition) is 0. The molecule has 0 aliphatic heterocycles. The summed E-state index contributed by atoms with van der Waals surface area (Å²) in [6.07, 6.45) is 0. The largest absolute Gasteiger partial charge is 0.488 e. The van der Waals surface area contributed by atoms with Crippen molar-refractivity contribution in [2.45, 2.75) is 13.5 Å². The van der Waals surface area contributed by atoms with E-state index in [4.69, 9.17) is 16.3 Å². The molecule has 0 unspecified atom stereocenters. The lowest BCUT2D eigenvalue weighted by Crippen LogP contribution is -1.94. The summed E-state index contributed by atoms with van der Waals surface area (Å²) in [5, 5.41) is 0. The summed E-state index contributed by atoms with van der Waals surface area (Å²) < 4.78 is 6.34. The average Bonchev–Trinajstić information content (AvgIpc) is 2.73. The van der Waals surface area contributed by atoms with Crippen molar-refractivity contribution in [3.05, 3.63) is 51.2 Å². The molecule has 0 radical (unpaired) electrons. The van der Waals surface area contributed by atoms with E-state index in [-0.39, 0.29) is 5.78 Å². The summed E-state index contributed by atoms with van der Waals surface area (Å²) >= 11 is 7.32. The lowest BCUT2D eigenvalue weighted by Gasteiger charge is -2.04. The summed E-state index contributed by atoms with van der Waals surface area (Å²) in [5.74, 6) is 0.807. The van der Waals surface area contributed by atoms with E-state index in [1.165, 1.54) is 11.3 Å². The van der Waals surface area contributed by atoms with E-state index >= 15 is 0 Å². The highest BCUT2D eigenvalue weighted by Gasteiger charge is 2.01. The van der Waals surface area contributed by atoms with Crippen molar-refractivity contribution in [2.24, 2.45) is 0 Å². The van der Waals surface area contributed by atoms with E-state index in [2.05, 4.69) is 0 Å². The van der Waals surface area contributed by atoms with Crippen LogP contribution in [0.4, 0.5) is 0 Å². The second-order valence-electron chi connectivity index (χ2n) is 3.58. The molecule has 2 rings (SSSR count). The van der Waals surface area contributed by atoms with E-state index in [1.807, 2.05) is 12.1 Å². The fourth-order valence-corrected chi connectivity index (χ4v) is 2.37. The fraction of sp³-hybridized carbons (Fsp3) is 0.154. The quantitative estimate of drug-likeness (QED) is 0.776. The number of rotatable bonds is 4. The molecule has 0 aliphatic rings. The van der Waals surface area contributed by atoms with Gasteiger partial charge >= 0.3 is 0 Å². The first-order valence-corrected chi connectivity index (χ1v) is 6.32. The van der Waals surface area contributed by atoms with Crippen molar-refractivity contribution in [3.8, 4) is 5.75 Å². The summed E-state index contributed by atoms with van der Waals surface area (Å²) in [5.41, 5.74) is 0.691. The first-order valence-electron chi connectivity index (χ1n) is 5.13. The number of ketones is 1. The third kappa shape index (κ3) is 3.32. The molecule has 1 heterocycles. The van der Waals surface area contributed by atoms with E-state index in [0.29, 0.717) is 12.2 Å². The second kappa shape index (κ2) is 5.34. The van der Waals surface area contributed by atoms with Gasteiger partial charge in [0.2, 0.25) is 0 Å². The molecule has 2 aromatic rings. The molecule has 17 heavy (non-hydrogen) atoms. The number of ether oxygens (including phenoxy) is 1. The Labute approximate surface area is 109 Å². The molecule has 0 spiro atoms. The van der Waals surface area contributed by atoms with Crippen LogP contribution in [0.25, 0.3) is 0 Å². The zero-order valence-corrected chi connectivity index (χ0v) is 10.8. The molecule has 0 bridgehead atoms. The molecule has 1 aromatic carbocycles. The minimum atomic E-state index is 0.0570. The van der Waals surface area contributed by atoms with Crippen molar-refractivity contribution >= 4 is 28.7 Å². The predicted molar refractivity (Wildman–Crippen MR) is 70.1 cm³/mol. The molecule has 1 aromatic heterocycles. The SMILES string of the molecule is CC(=O)c1ccc(OCc2ccc(Cl)s2)cc1. The van der Waals surface area contributed by atoms with Crippen LogP contribution in [-0.2, 0) is 6.61 Å². The maximum Gasteiger partial charge on any atom is 0.159 e. The van der Waals surface area contributed by atoms with Gasteiger partial charge in [-0.2, -0.15) is 0 Å². The van der Waals surface area contributed by atoms with Crippen LogP contribution in [0.1, 0.15) is 22.2 Å². The van der Waals surface area contributed by atoms with Gasteiger partial charge in [0, 0.05) is 10.4 Å². The van der Waals surface area contributed by atoms with Gasteiger partial charge in [-0.1, -0.05) is 11.6 Å². The Morgan fingerprint density at radius 3 is 2.47 bits per heavy atom. The standard InChI is InChI=1S/C13H11ClO2S/c1-9(15)10-2-4-11(5-3-10)16-8-12-6-7-13(14)17-12/h2-7H,8H2,1H3. The molecular formula is C13H11ClO2S. The molecule has 0 atom stereocenters. The van der Waals surface area contributed by atoms with Crippen LogP contribution in [0.15, 0.2) is 36.4 Å². The number of carbonyl (C=O) groups is 1. The number of carbonyl (C=O) groups excluding carboxylic acids is 1. The fourth-order valence-electron chi connectivity index (χ4n) is 1.37. The summed E-state index contributed by atoms with van der Waals surface area (Å²) in [7, 11) is 0. The van der Waals surface area contributed by atoms with Crippen molar-refractivity contribution in [2.75, 3.05) is 0 Å². The molecule has 2 nitrogen and oxygen atoms in total. The Morgan fingerprint density at radius 2 is 1.94 bits per heavy atom. The van der Waals surface area contributed by atoms with Gasteiger partial charge < -0.3 is 4.74 Å². The van der Waals surface area contributed by atoms with Gasteiger partial charge in [-0.25, -0.2) is 0 Å². The Balaban J connectivity index is 1.97. The van der Waals surface area contributed by atoms with Gasteiger partial charge in [0.15, 0.2) is 5.78 Å². The molecule has 0 aliphatic carbocycles. The number of Topliss-reactive ketones (excluding diaryl/α,β-unsaturated/α-hetero) is 1. The minimum absolute atomic E-state index is 0.0570. The van der Waals surface area contributed by atoms with Gasteiger partial charge in [-0.05, 0) is 43.3 Å². The molecule has 0 saturated carbocycles. The van der Waals surface area contributed by atoms with Gasteiger partial charge in [0.25, 0.3) is 0 Å². The highest BCUT2D eigenvalue weighted by Crippen LogP contribution is 2.23. The van der Waals surface area contributed by atoms with E-state index < -0.39 is 0 Å². The number of halogens is 1. The Bertz CT molecular complexity index is 516. The van der Waals surface area contributed by atoms with Gasteiger partial charge in [-0.15, -0.1) is 11.3 Å². The van der Waals surface area contributed by atoms with Crippen molar-refractivity contribution < 1.29 is 9.53 Å². The molecular weight excluding hydrogens is 256 g/mol. The number of thiophene rings is 1. The lowest BCUT2D eigenvalue weighted by atomic mass is 10.1. The highest BCUT2D eigenvalue weighted by molar-refractivity contribution is 7.16. The van der Waals surface area contributed by atoms with Crippen molar-refractivity contribution in [1.29, 1.82) is 0 Å². The Morgan fingerprint density at radius 1 is 1.24 bits per heavy atom. The Hall–Kier alpha value is -1.32. The summed E-state index contributed by atoms with van der Waals surface area (Å²) in [4.78, 5) is 12.2. The average molecular weight is 267 g/mol. The first-order chi connectivity index (χ1) is 8.15.